The molecule has 0 saturated heterocycles. The van der Waals surface area contributed by atoms with Crippen LogP contribution in [0.1, 0.15) is 32.2 Å². The van der Waals surface area contributed by atoms with Gasteiger partial charge >= 0.3 is 0 Å². The van der Waals surface area contributed by atoms with Crippen LogP contribution in [-0.2, 0) is 0 Å². The SMILES string of the molecule is Cc1cc(Nc2cc(C)on2)nc(NC(C)(C)C)n1. The van der Waals surface area contributed by atoms with Crippen molar-refractivity contribution in [2.24, 2.45) is 0 Å². The van der Waals surface area contributed by atoms with Crippen LogP contribution in [-0.4, -0.2) is 20.7 Å². The van der Waals surface area contributed by atoms with E-state index in [0.717, 1.165) is 11.5 Å². The molecule has 0 saturated carbocycles. The lowest BCUT2D eigenvalue weighted by Gasteiger charge is -2.20. The zero-order chi connectivity index (χ0) is 14.0. The Morgan fingerprint density at radius 3 is 2.37 bits per heavy atom. The van der Waals surface area contributed by atoms with Crippen molar-refractivity contribution in [1.29, 1.82) is 0 Å². The average Bonchev–Trinajstić information content (AvgIpc) is 2.60. The van der Waals surface area contributed by atoms with E-state index in [2.05, 4.69) is 46.5 Å². The lowest BCUT2D eigenvalue weighted by Crippen LogP contribution is -2.27. The number of hydrogen-bond acceptors (Lipinski definition) is 6. The smallest absolute Gasteiger partial charge is 0.225 e. The van der Waals surface area contributed by atoms with Crippen LogP contribution >= 0.6 is 0 Å². The van der Waals surface area contributed by atoms with E-state index in [0.29, 0.717) is 17.6 Å². The Labute approximate surface area is 112 Å². The minimum absolute atomic E-state index is 0.0878. The predicted molar refractivity (Wildman–Crippen MR) is 74.7 cm³/mol. The molecule has 0 spiro atoms. The molecule has 6 heteroatoms. The first-order chi connectivity index (χ1) is 8.82. The third-order valence-electron chi connectivity index (χ3n) is 2.23. The quantitative estimate of drug-likeness (QED) is 0.884. The summed E-state index contributed by atoms with van der Waals surface area (Å²) >= 11 is 0. The second-order valence-electron chi connectivity index (χ2n) is 5.54. The maximum absolute atomic E-state index is 5.01. The Kier molecular flexibility index (Phi) is 3.42. The Bertz CT molecular complexity index is 571. The number of hydrogen-bond donors (Lipinski definition) is 2. The van der Waals surface area contributed by atoms with Crippen LogP contribution < -0.4 is 10.6 Å². The molecule has 2 N–H and O–H groups in total. The van der Waals surface area contributed by atoms with Crippen LogP contribution in [0, 0.1) is 13.8 Å². The van der Waals surface area contributed by atoms with E-state index in [1.54, 1.807) is 0 Å². The fourth-order valence-electron chi connectivity index (χ4n) is 1.58. The molecule has 0 aliphatic carbocycles. The first-order valence-electron chi connectivity index (χ1n) is 6.16. The standard InChI is InChI=1S/C13H19N5O/c1-8-6-10(15-11-7-9(2)19-18-11)16-12(14-8)17-13(3,4)5/h6-7H,1-5H3,(H2,14,15,16,17,18). The second kappa shape index (κ2) is 4.87. The van der Waals surface area contributed by atoms with Crippen LogP contribution in [0.25, 0.3) is 0 Å². The van der Waals surface area contributed by atoms with E-state index < -0.39 is 0 Å². The van der Waals surface area contributed by atoms with Gasteiger partial charge in [0, 0.05) is 23.4 Å². The molecular weight excluding hydrogens is 242 g/mol. The summed E-state index contributed by atoms with van der Waals surface area (Å²) in [7, 11) is 0. The molecule has 19 heavy (non-hydrogen) atoms. The van der Waals surface area contributed by atoms with E-state index in [-0.39, 0.29) is 5.54 Å². The molecule has 6 nitrogen and oxygen atoms in total. The van der Waals surface area contributed by atoms with Crippen LogP contribution in [0.4, 0.5) is 17.6 Å². The minimum Gasteiger partial charge on any atom is -0.360 e. The molecule has 2 aromatic heterocycles. The van der Waals surface area contributed by atoms with Gasteiger partial charge in [-0.05, 0) is 34.6 Å². The molecule has 2 heterocycles. The average molecular weight is 261 g/mol. The topological polar surface area (TPSA) is 75.9 Å². The predicted octanol–water partition coefficient (Wildman–Crippen LogP) is 3.04. The van der Waals surface area contributed by atoms with Crippen molar-refractivity contribution >= 4 is 17.6 Å². The summed E-state index contributed by atoms with van der Waals surface area (Å²) in [5.74, 6) is 2.67. The molecule has 2 aromatic rings. The van der Waals surface area contributed by atoms with Crippen LogP contribution in [0.3, 0.4) is 0 Å². The van der Waals surface area contributed by atoms with Crippen molar-refractivity contribution in [2.75, 3.05) is 10.6 Å². The molecular formula is C13H19N5O. The van der Waals surface area contributed by atoms with E-state index >= 15 is 0 Å². The summed E-state index contributed by atoms with van der Waals surface area (Å²) in [5, 5.41) is 10.2. The lowest BCUT2D eigenvalue weighted by molar-refractivity contribution is 0.400. The number of nitrogens with one attached hydrogen (secondary N) is 2. The van der Waals surface area contributed by atoms with Crippen molar-refractivity contribution in [3.05, 3.63) is 23.6 Å². The Morgan fingerprint density at radius 2 is 1.79 bits per heavy atom. The third-order valence-corrected chi connectivity index (χ3v) is 2.23. The summed E-state index contributed by atoms with van der Waals surface area (Å²) < 4.78 is 5.01. The van der Waals surface area contributed by atoms with Crippen LogP contribution in [0.5, 0.6) is 0 Å². The number of rotatable bonds is 3. The first kappa shape index (κ1) is 13.3. The number of anilines is 3. The van der Waals surface area contributed by atoms with Crippen molar-refractivity contribution < 1.29 is 4.52 Å². The number of aromatic nitrogens is 3. The second-order valence-corrected chi connectivity index (χ2v) is 5.54. The Hall–Kier alpha value is -2.11. The summed E-state index contributed by atoms with van der Waals surface area (Å²) in [5.41, 5.74) is 0.791. The van der Waals surface area contributed by atoms with Gasteiger partial charge in [0.25, 0.3) is 0 Å². The molecule has 0 aliphatic rings. The highest BCUT2D eigenvalue weighted by Gasteiger charge is 2.12. The van der Waals surface area contributed by atoms with E-state index in [9.17, 15) is 0 Å². The Morgan fingerprint density at radius 1 is 1.05 bits per heavy atom. The maximum Gasteiger partial charge on any atom is 0.225 e. The first-order valence-corrected chi connectivity index (χ1v) is 6.16. The molecule has 0 amide bonds. The molecule has 0 unspecified atom stereocenters. The van der Waals surface area contributed by atoms with Crippen molar-refractivity contribution in [3.63, 3.8) is 0 Å². The van der Waals surface area contributed by atoms with Crippen LogP contribution in [0.2, 0.25) is 0 Å². The van der Waals surface area contributed by atoms with Gasteiger partial charge in [0.15, 0.2) is 5.82 Å². The molecule has 2 rings (SSSR count). The fraction of sp³-hybridized carbons (Fsp3) is 0.462. The molecule has 0 aromatic carbocycles. The van der Waals surface area contributed by atoms with Crippen molar-refractivity contribution in [2.45, 2.75) is 40.2 Å². The molecule has 0 fully saturated rings. The highest BCUT2D eigenvalue weighted by Crippen LogP contribution is 2.18. The maximum atomic E-state index is 5.01. The van der Waals surface area contributed by atoms with Crippen molar-refractivity contribution in [1.82, 2.24) is 15.1 Å². The monoisotopic (exact) mass is 261 g/mol. The molecule has 0 radical (unpaired) electrons. The van der Waals surface area contributed by atoms with Gasteiger partial charge in [-0.2, -0.15) is 4.98 Å². The van der Waals surface area contributed by atoms with Crippen LogP contribution in [0.15, 0.2) is 16.7 Å². The minimum atomic E-state index is -0.0878. The van der Waals surface area contributed by atoms with E-state index in [1.165, 1.54) is 0 Å². The molecule has 102 valence electrons. The number of nitrogens with zero attached hydrogens (tertiary/aromatic N) is 3. The van der Waals surface area contributed by atoms with Gasteiger partial charge in [-0.25, -0.2) is 4.98 Å². The van der Waals surface area contributed by atoms with Gasteiger partial charge in [-0.15, -0.1) is 0 Å². The van der Waals surface area contributed by atoms with Gasteiger partial charge in [0.2, 0.25) is 5.95 Å². The van der Waals surface area contributed by atoms with E-state index in [4.69, 9.17) is 4.52 Å². The highest BCUT2D eigenvalue weighted by molar-refractivity contribution is 5.53. The van der Waals surface area contributed by atoms with E-state index in [1.807, 2.05) is 26.0 Å². The van der Waals surface area contributed by atoms with Gasteiger partial charge < -0.3 is 15.2 Å². The zero-order valence-electron chi connectivity index (χ0n) is 11.9. The Balaban J connectivity index is 2.21. The highest BCUT2D eigenvalue weighted by atomic mass is 16.5. The summed E-state index contributed by atoms with van der Waals surface area (Å²) in [6, 6.07) is 3.67. The molecule has 0 bridgehead atoms. The van der Waals surface area contributed by atoms with Gasteiger partial charge in [0.05, 0.1) is 0 Å². The summed E-state index contributed by atoms with van der Waals surface area (Å²) in [4.78, 5) is 8.77. The van der Waals surface area contributed by atoms with Crippen molar-refractivity contribution in [3.8, 4) is 0 Å². The van der Waals surface area contributed by atoms with Gasteiger partial charge in [-0.3, -0.25) is 0 Å². The lowest BCUT2D eigenvalue weighted by atomic mass is 10.1. The molecule has 0 atom stereocenters. The molecule has 0 aliphatic heterocycles. The third kappa shape index (κ3) is 3.94. The summed E-state index contributed by atoms with van der Waals surface area (Å²) in [6.45, 7) is 9.96. The largest absolute Gasteiger partial charge is 0.360 e. The normalized spacial score (nSPS) is 11.4. The van der Waals surface area contributed by atoms with Gasteiger partial charge in [0.1, 0.15) is 11.6 Å². The summed E-state index contributed by atoms with van der Waals surface area (Å²) in [6.07, 6.45) is 0. The number of aryl methyl sites for hydroxylation is 2. The zero-order valence-corrected chi connectivity index (χ0v) is 11.9. The fourth-order valence-corrected chi connectivity index (χ4v) is 1.58. The van der Waals surface area contributed by atoms with Gasteiger partial charge in [-0.1, -0.05) is 5.16 Å².